The van der Waals surface area contributed by atoms with Gasteiger partial charge in [0.15, 0.2) is 0 Å². The molecule has 1 aromatic carbocycles. The van der Waals surface area contributed by atoms with E-state index in [0.717, 1.165) is 4.47 Å². The van der Waals surface area contributed by atoms with Crippen LogP contribution in [0.4, 0.5) is 0 Å². The molecule has 72 valence electrons. The number of hydrogen-bond donors (Lipinski definition) is 0. The molecule has 0 saturated heterocycles. The maximum atomic E-state index is 10.5. The average molecular weight is 268 g/mol. The third kappa shape index (κ3) is 7.56. The van der Waals surface area contributed by atoms with E-state index >= 15 is 0 Å². The monoisotopic (exact) mass is 267 g/mol. The summed E-state index contributed by atoms with van der Waals surface area (Å²) in [6.07, 6.45) is 0. The predicted octanol–water partition coefficient (Wildman–Crippen LogP) is 0.405. The van der Waals surface area contributed by atoms with E-state index in [2.05, 4.69) is 15.9 Å². The van der Waals surface area contributed by atoms with Crippen molar-refractivity contribution < 1.29 is 39.1 Å². The Morgan fingerprint density at radius 1 is 1.21 bits per heavy atom. The van der Waals surface area contributed by atoms with Gasteiger partial charge in [0, 0.05) is 11.4 Å². The van der Waals surface area contributed by atoms with Crippen LogP contribution in [0, 0.1) is 0 Å². The Morgan fingerprint density at radius 3 is 2.00 bits per heavy atom. The van der Waals surface area contributed by atoms with Gasteiger partial charge < -0.3 is 4.74 Å². The molecule has 1 rings (SSSR count). The Bertz CT molecular complexity index is 259. The molecule has 0 atom stereocenters. The van der Waals surface area contributed by atoms with Gasteiger partial charge in [-0.05, 0) is 24.3 Å². The van der Waals surface area contributed by atoms with Crippen molar-refractivity contribution in [3.63, 3.8) is 0 Å². The molecule has 14 heavy (non-hydrogen) atoms. The first-order valence-electron chi connectivity index (χ1n) is 4.12. The van der Waals surface area contributed by atoms with Crippen molar-refractivity contribution in [3.05, 3.63) is 28.7 Å². The van der Waals surface area contributed by atoms with Crippen molar-refractivity contribution in [1.82, 2.24) is 0 Å². The fourth-order valence-electron chi connectivity index (χ4n) is 0.669. The quantitative estimate of drug-likeness (QED) is 0.419. The maximum Gasteiger partial charge on any atom is 1.00 e. The van der Waals surface area contributed by atoms with Crippen LogP contribution in [-0.2, 0) is 4.79 Å². The second-order valence-electron chi connectivity index (χ2n) is 2.05. The Kier molecular flexibility index (Phi) is 11.5. The van der Waals surface area contributed by atoms with Gasteiger partial charge in [-0.3, -0.25) is 4.79 Å². The number of carbonyl (C=O) groups excluding carboxylic acids is 1. The van der Waals surface area contributed by atoms with E-state index in [9.17, 15) is 4.79 Å². The predicted molar refractivity (Wildman–Crippen MR) is 56.8 cm³/mol. The topological polar surface area (TPSA) is 26.3 Å². The van der Waals surface area contributed by atoms with Crippen LogP contribution in [0.15, 0.2) is 28.7 Å². The summed E-state index contributed by atoms with van der Waals surface area (Å²) in [4.78, 5) is 10.5. The fourth-order valence-corrected chi connectivity index (χ4v) is 0.933. The van der Waals surface area contributed by atoms with Crippen LogP contribution < -0.4 is 34.3 Å². The summed E-state index contributed by atoms with van der Waals surface area (Å²) in [6.45, 7) is 5.38. The van der Waals surface area contributed by atoms with Crippen LogP contribution in [0.25, 0.3) is 0 Å². The summed E-state index contributed by atoms with van der Waals surface area (Å²) in [5, 5.41) is 0. The molecule has 0 N–H and O–H groups in total. The van der Waals surface area contributed by atoms with Gasteiger partial charge >= 0.3 is 35.5 Å². The van der Waals surface area contributed by atoms with Crippen molar-refractivity contribution in [1.29, 1.82) is 0 Å². The van der Waals surface area contributed by atoms with Gasteiger partial charge in [-0.2, -0.15) is 0 Å². The number of halogens is 1. The van der Waals surface area contributed by atoms with Gasteiger partial charge in [0.25, 0.3) is 0 Å². The Morgan fingerprint density at radius 2 is 1.64 bits per heavy atom. The summed E-state index contributed by atoms with van der Waals surface area (Å²) in [5.74, 6) is 0.271. The molecular formula is C10H13BrNaO2+. The van der Waals surface area contributed by atoms with Crippen LogP contribution in [0.2, 0.25) is 0 Å². The fraction of sp³-hybridized carbons (Fsp3) is 0.300. The molecule has 0 aliphatic heterocycles. The van der Waals surface area contributed by atoms with Gasteiger partial charge in [-0.1, -0.05) is 29.8 Å². The zero-order valence-corrected chi connectivity index (χ0v) is 12.6. The zero-order chi connectivity index (χ0) is 10.3. The van der Waals surface area contributed by atoms with Gasteiger partial charge in [0.1, 0.15) is 5.75 Å². The first-order valence-corrected chi connectivity index (χ1v) is 4.92. The molecule has 0 aliphatic carbocycles. The standard InChI is InChI=1S/C8H7BrO2.C2H6.Na/c1-6(10)11-8-4-2-7(9)3-5-8;1-2;/h2-5H,1H3;1-2H3;/q;;+1. The van der Waals surface area contributed by atoms with Crippen LogP contribution in [0.1, 0.15) is 20.8 Å². The molecule has 0 fully saturated rings. The molecule has 0 unspecified atom stereocenters. The smallest absolute Gasteiger partial charge is 0.427 e. The maximum absolute atomic E-state index is 10.5. The average Bonchev–Trinajstić information content (AvgIpc) is 2.12. The third-order valence-electron chi connectivity index (χ3n) is 1.08. The number of rotatable bonds is 1. The van der Waals surface area contributed by atoms with Gasteiger partial charge in [-0.15, -0.1) is 0 Å². The van der Waals surface area contributed by atoms with E-state index in [0.29, 0.717) is 5.75 Å². The summed E-state index contributed by atoms with van der Waals surface area (Å²) < 4.78 is 5.78. The van der Waals surface area contributed by atoms with Crippen molar-refractivity contribution in [2.45, 2.75) is 20.8 Å². The van der Waals surface area contributed by atoms with Gasteiger partial charge in [-0.25, -0.2) is 0 Å². The number of ether oxygens (including phenoxy) is 1. The molecule has 0 spiro atoms. The van der Waals surface area contributed by atoms with Crippen LogP contribution in [0.5, 0.6) is 5.75 Å². The van der Waals surface area contributed by atoms with E-state index in [1.54, 1.807) is 12.1 Å². The van der Waals surface area contributed by atoms with E-state index in [4.69, 9.17) is 4.74 Å². The van der Waals surface area contributed by atoms with Crippen molar-refractivity contribution in [2.24, 2.45) is 0 Å². The minimum absolute atomic E-state index is 0. The second-order valence-corrected chi connectivity index (χ2v) is 2.96. The molecule has 0 aliphatic rings. The van der Waals surface area contributed by atoms with Gasteiger partial charge in [0.05, 0.1) is 0 Å². The largest absolute Gasteiger partial charge is 1.00 e. The minimum Gasteiger partial charge on any atom is -0.427 e. The Balaban J connectivity index is 0. The number of hydrogen-bond acceptors (Lipinski definition) is 2. The third-order valence-corrected chi connectivity index (χ3v) is 1.60. The van der Waals surface area contributed by atoms with Crippen LogP contribution in [0.3, 0.4) is 0 Å². The number of esters is 1. The number of benzene rings is 1. The summed E-state index contributed by atoms with van der Waals surface area (Å²) in [5.41, 5.74) is 0. The molecule has 4 heteroatoms. The molecule has 0 amide bonds. The molecule has 0 bridgehead atoms. The normalized spacial score (nSPS) is 7.71. The molecule has 2 nitrogen and oxygen atoms in total. The summed E-state index contributed by atoms with van der Waals surface area (Å²) in [6, 6.07) is 7.09. The van der Waals surface area contributed by atoms with Crippen molar-refractivity contribution in [3.8, 4) is 5.75 Å². The van der Waals surface area contributed by atoms with E-state index < -0.39 is 0 Å². The first-order chi connectivity index (χ1) is 6.18. The number of carbonyl (C=O) groups is 1. The minimum atomic E-state index is -0.299. The second kappa shape index (κ2) is 9.71. The summed E-state index contributed by atoms with van der Waals surface area (Å²) in [7, 11) is 0. The SMILES string of the molecule is CC.CC(=O)Oc1ccc(Br)cc1.[Na+]. The summed E-state index contributed by atoms with van der Waals surface area (Å²) >= 11 is 3.27. The van der Waals surface area contributed by atoms with E-state index in [-0.39, 0.29) is 35.5 Å². The first kappa shape index (κ1) is 16.6. The van der Waals surface area contributed by atoms with Crippen molar-refractivity contribution >= 4 is 21.9 Å². The van der Waals surface area contributed by atoms with Crippen LogP contribution >= 0.6 is 15.9 Å². The molecule has 0 radical (unpaired) electrons. The Labute approximate surface area is 115 Å². The van der Waals surface area contributed by atoms with E-state index in [1.165, 1.54) is 6.92 Å². The van der Waals surface area contributed by atoms with Gasteiger partial charge in [0.2, 0.25) is 0 Å². The van der Waals surface area contributed by atoms with Crippen molar-refractivity contribution in [2.75, 3.05) is 0 Å². The zero-order valence-electron chi connectivity index (χ0n) is 9.00. The van der Waals surface area contributed by atoms with E-state index in [1.807, 2.05) is 26.0 Å². The molecule has 1 aromatic rings. The molecule has 0 saturated carbocycles. The molecule has 0 aromatic heterocycles. The molecule has 0 heterocycles. The van der Waals surface area contributed by atoms with Crippen LogP contribution in [-0.4, -0.2) is 5.97 Å². The Hall–Kier alpha value is 0.170. The molecular weight excluding hydrogens is 255 g/mol.